The van der Waals surface area contributed by atoms with Crippen LogP contribution >= 0.6 is 0 Å². The summed E-state index contributed by atoms with van der Waals surface area (Å²) >= 11 is 0. The van der Waals surface area contributed by atoms with Gasteiger partial charge in [-0.1, -0.05) is 29.8 Å². The maximum absolute atomic E-state index is 12.5. The van der Waals surface area contributed by atoms with Crippen LogP contribution in [0.4, 0.5) is 5.69 Å². The number of carbonyl (C=O) groups is 1. The number of likely N-dealkylation sites (N-methyl/N-ethyl adjacent to an activating group) is 2. The van der Waals surface area contributed by atoms with Gasteiger partial charge in [-0.05, 0) is 49.7 Å². The number of anilines is 1. The molecule has 166 valence electrons. The zero-order chi connectivity index (χ0) is 21.8. The summed E-state index contributed by atoms with van der Waals surface area (Å²) in [7, 11) is 4.32. The Morgan fingerprint density at radius 2 is 1.77 bits per heavy atom. The molecule has 2 aromatic carbocycles. The highest BCUT2D eigenvalue weighted by molar-refractivity contribution is 5.77. The first-order chi connectivity index (χ1) is 15.0. The van der Waals surface area contributed by atoms with E-state index in [0.29, 0.717) is 6.54 Å². The summed E-state index contributed by atoms with van der Waals surface area (Å²) in [6.45, 7) is 7.85. The summed E-state index contributed by atoms with van der Waals surface area (Å²) in [5.41, 5.74) is 5.20. The lowest BCUT2D eigenvalue weighted by molar-refractivity contribution is -0.123. The van der Waals surface area contributed by atoms with E-state index in [4.69, 9.17) is 4.74 Å². The highest BCUT2D eigenvalue weighted by Gasteiger charge is 2.26. The van der Waals surface area contributed by atoms with Gasteiger partial charge < -0.3 is 19.9 Å². The van der Waals surface area contributed by atoms with Crippen LogP contribution < -0.4 is 15.0 Å². The van der Waals surface area contributed by atoms with Crippen LogP contribution in [0.15, 0.2) is 42.5 Å². The second-order valence-corrected chi connectivity index (χ2v) is 8.82. The molecule has 0 aliphatic carbocycles. The minimum absolute atomic E-state index is 0.0352. The van der Waals surface area contributed by atoms with Crippen molar-refractivity contribution < 1.29 is 9.53 Å². The Morgan fingerprint density at radius 1 is 1.03 bits per heavy atom. The van der Waals surface area contributed by atoms with E-state index in [2.05, 4.69) is 52.3 Å². The highest BCUT2D eigenvalue weighted by atomic mass is 16.5. The third-order valence-corrected chi connectivity index (χ3v) is 6.48. The SMILES string of the molecule is Cc1ccc(OCC(=O)NC[C@H](c2ccc3c(c2)CCN3C)N2CCN(C)CC2)cc1. The van der Waals surface area contributed by atoms with Crippen molar-refractivity contribution in [2.24, 2.45) is 0 Å². The average molecular weight is 423 g/mol. The van der Waals surface area contributed by atoms with Gasteiger partial charge in [0, 0.05) is 52.0 Å². The van der Waals surface area contributed by atoms with E-state index in [1.54, 1.807) is 0 Å². The molecule has 1 amide bonds. The number of ether oxygens (including phenoxy) is 1. The van der Waals surface area contributed by atoms with Crippen LogP contribution in [0.1, 0.15) is 22.7 Å². The number of hydrogen-bond acceptors (Lipinski definition) is 5. The molecule has 0 unspecified atom stereocenters. The number of hydrogen-bond donors (Lipinski definition) is 1. The highest BCUT2D eigenvalue weighted by Crippen LogP contribution is 2.31. The van der Waals surface area contributed by atoms with Crippen LogP contribution in [-0.4, -0.2) is 75.7 Å². The first-order valence-electron chi connectivity index (χ1n) is 11.2. The maximum Gasteiger partial charge on any atom is 0.258 e. The molecule has 31 heavy (non-hydrogen) atoms. The molecule has 0 bridgehead atoms. The molecular formula is C25H34N4O2. The largest absolute Gasteiger partial charge is 0.484 e. The molecular weight excluding hydrogens is 388 g/mol. The molecule has 6 heteroatoms. The minimum Gasteiger partial charge on any atom is -0.484 e. The minimum atomic E-state index is -0.0828. The molecule has 0 aromatic heterocycles. The zero-order valence-corrected chi connectivity index (χ0v) is 18.9. The Bertz CT molecular complexity index is 891. The predicted molar refractivity (Wildman–Crippen MR) is 125 cm³/mol. The molecule has 1 fully saturated rings. The van der Waals surface area contributed by atoms with Crippen molar-refractivity contribution in [2.45, 2.75) is 19.4 Å². The molecule has 4 rings (SSSR count). The van der Waals surface area contributed by atoms with Crippen LogP contribution in [-0.2, 0) is 11.2 Å². The molecule has 6 nitrogen and oxygen atoms in total. The van der Waals surface area contributed by atoms with E-state index in [1.165, 1.54) is 22.4 Å². The molecule has 2 heterocycles. The van der Waals surface area contributed by atoms with Gasteiger partial charge in [-0.25, -0.2) is 0 Å². The summed E-state index contributed by atoms with van der Waals surface area (Å²) in [5.74, 6) is 0.639. The molecule has 1 atom stereocenters. The van der Waals surface area contributed by atoms with Crippen molar-refractivity contribution in [1.82, 2.24) is 15.1 Å². The van der Waals surface area contributed by atoms with Crippen molar-refractivity contribution in [2.75, 3.05) is 64.9 Å². The van der Waals surface area contributed by atoms with E-state index in [-0.39, 0.29) is 18.6 Å². The Balaban J connectivity index is 1.41. The monoisotopic (exact) mass is 422 g/mol. The summed E-state index contributed by atoms with van der Waals surface area (Å²) in [5, 5.41) is 3.12. The topological polar surface area (TPSA) is 48.1 Å². The van der Waals surface area contributed by atoms with Gasteiger partial charge in [0.2, 0.25) is 0 Å². The van der Waals surface area contributed by atoms with Gasteiger partial charge >= 0.3 is 0 Å². The fraction of sp³-hybridized carbons (Fsp3) is 0.480. The van der Waals surface area contributed by atoms with Gasteiger partial charge in [0.05, 0.1) is 6.04 Å². The molecule has 2 aromatic rings. The van der Waals surface area contributed by atoms with E-state index in [0.717, 1.165) is 44.9 Å². The number of rotatable bonds is 7. The van der Waals surface area contributed by atoms with E-state index >= 15 is 0 Å². The molecule has 0 spiro atoms. The number of benzene rings is 2. The van der Waals surface area contributed by atoms with Crippen LogP contribution in [0.5, 0.6) is 5.75 Å². The van der Waals surface area contributed by atoms with Crippen molar-refractivity contribution in [3.63, 3.8) is 0 Å². The fourth-order valence-electron chi connectivity index (χ4n) is 4.43. The number of piperazine rings is 1. The predicted octanol–water partition coefficient (Wildman–Crippen LogP) is 2.47. The lowest BCUT2D eigenvalue weighted by Gasteiger charge is -2.38. The molecule has 0 saturated carbocycles. The van der Waals surface area contributed by atoms with Gasteiger partial charge in [-0.2, -0.15) is 0 Å². The quantitative estimate of drug-likeness (QED) is 0.743. The van der Waals surface area contributed by atoms with Crippen molar-refractivity contribution >= 4 is 11.6 Å². The van der Waals surface area contributed by atoms with Crippen molar-refractivity contribution in [3.8, 4) is 5.75 Å². The van der Waals surface area contributed by atoms with Crippen LogP contribution in [0.25, 0.3) is 0 Å². The number of nitrogens with one attached hydrogen (secondary N) is 1. The average Bonchev–Trinajstić information content (AvgIpc) is 3.15. The Kier molecular flexibility index (Phi) is 6.78. The first kappa shape index (κ1) is 21.7. The van der Waals surface area contributed by atoms with Gasteiger partial charge in [0.1, 0.15) is 5.75 Å². The maximum atomic E-state index is 12.5. The Labute approximate surface area is 185 Å². The zero-order valence-electron chi connectivity index (χ0n) is 18.9. The number of carbonyl (C=O) groups excluding carboxylic acids is 1. The Hall–Kier alpha value is -2.57. The van der Waals surface area contributed by atoms with Crippen LogP contribution in [0.2, 0.25) is 0 Å². The number of nitrogens with zero attached hydrogens (tertiary/aromatic N) is 3. The summed E-state index contributed by atoms with van der Waals surface area (Å²) in [6, 6.07) is 14.8. The van der Waals surface area contributed by atoms with Crippen molar-refractivity contribution in [3.05, 3.63) is 59.2 Å². The lowest BCUT2D eigenvalue weighted by Crippen LogP contribution is -2.48. The molecule has 1 N–H and O–H groups in total. The van der Waals surface area contributed by atoms with Gasteiger partial charge in [-0.15, -0.1) is 0 Å². The van der Waals surface area contributed by atoms with Gasteiger partial charge in [0.25, 0.3) is 5.91 Å². The third kappa shape index (κ3) is 5.38. The number of amides is 1. The summed E-state index contributed by atoms with van der Waals surface area (Å²) < 4.78 is 5.65. The number of fused-ring (bicyclic) bond motifs is 1. The van der Waals surface area contributed by atoms with E-state index < -0.39 is 0 Å². The summed E-state index contributed by atoms with van der Waals surface area (Å²) in [6.07, 6.45) is 1.09. The van der Waals surface area contributed by atoms with Crippen molar-refractivity contribution in [1.29, 1.82) is 0 Å². The number of aryl methyl sites for hydroxylation is 1. The Morgan fingerprint density at radius 3 is 2.52 bits per heavy atom. The van der Waals surface area contributed by atoms with Crippen LogP contribution in [0.3, 0.4) is 0 Å². The lowest BCUT2D eigenvalue weighted by atomic mass is 10.00. The summed E-state index contributed by atoms with van der Waals surface area (Å²) in [4.78, 5) is 19.7. The first-order valence-corrected chi connectivity index (χ1v) is 11.2. The third-order valence-electron chi connectivity index (χ3n) is 6.48. The smallest absolute Gasteiger partial charge is 0.258 e. The molecule has 2 aliphatic heterocycles. The second-order valence-electron chi connectivity index (χ2n) is 8.82. The van der Waals surface area contributed by atoms with Gasteiger partial charge in [0.15, 0.2) is 6.61 Å². The fourth-order valence-corrected chi connectivity index (χ4v) is 4.43. The van der Waals surface area contributed by atoms with E-state index in [9.17, 15) is 4.79 Å². The molecule has 2 aliphatic rings. The molecule has 1 saturated heterocycles. The molecule has 0 radical (unpaired) electrons. The second kappa shape index (κ2) is 9.71. The standard InChI is InChI=1S/C25H34N4O2/c1-19-4-7-22(8-5-19)31-18-25(30)26-17-24(29-14-12-27(2)13-15-29)20-6-9-23-21(16-20)10-11-28(23)3/h4-9,16,24H,10-15,17-18H2,1-3H3,(H,26,30)/t24-/m1/s1. The van der Waals surface area contributed by atoms with Crippen LogP contribution in [0, 0.1) is 6.92 Å². The van der Waals surface area contributed by atoms with E-state index in [1.807, 2.05) is 31.2 Å². The normalized spacial score (nSPS) is 18.0. The van der Waals surface area contributed by atoms with Gasteiger partial charge in [-0.3, -0.25) is 9.69 Å².